The van der Waals surface area contributed by atoms with Gasteiger partial charge in [0.15, 0.2) is 0 Å². The van der Waals surface area contributed by atoms with E-state index in [-0.39, 0.29) is 5.75 Å². The molecule has 1 aliphatic heterocycles. The van der Waals surface area contributed by atoms with Crippen LogP contribution >= 0.6 is 0 Å². The van der Waals surface area contributed by atoms with Gasteiger partial charge in [0.1, 0.15) is 5.75 Å². The number of aromatic nitrogens is 1. The predicted octanol–water partition coefficient (Wildman–Crippen LogP) is 2.04. The van der Waals surface area contributed by atoms with Crippen LogP contribution in [0.2, 0.25) is 0 Å². The minimum Gasteiger partial charge on any atom is -0.507 e. The van der Waals surface area contributed by atoms with E-state index in [1.165, 1.54) is 19.0 Å². The quantitative estimate of drug-likeness (QED) is 0.858. The summed E-state index contributed by atoms with van der Waals surface area (Å²) < 4.78 is 12.0. The Kier molecular flexibility index (Phi) is 3.10. The molecule has 5 heteroatoms. The molecule has 1 aromatic heterocycles. The molecule has 20 heavy (non-hydrogen) atoms. The van der Waals surface area contributed by atoms with Gasteiger partial charge in [0.2, 0.25) is 0 Å². The molecule has 3 rings (SSSR count). The van der Waals surface area contributed by atoms with Gasteiger partial charge in [-0.05, 0) is 58.9 Å². The molecule has 0 radical (unpaired) electrons. The van der Waals surface area contributed by atoms with Crippen LogP contribution in [0.4, 0.5) is 0 Å². The summed E-state index contributed by atoms with van der Waals surface area (Å²) in [5, 5.41) is 10.1. The number of pyridine rings is 1. The van der Waals surface area contributed by atoms with Gasteiger partial charge in [0, 0.05) is 11.2 Å². The SMILES string of the molecule is CC1(C)OB(c2cc(CC3CC3)ncc2O)OC1(C)C. The van der Waals surface area contributed by atoms with E-state index in [9.17, 15) is 5.11 Å². The van der Waals surface area contributed by atoms with Crippen LogP contribution in [-0.2, 0) is 15.7 Å². The van der Waals surface area contributed by atoms with Crippen LogP contribution in [0.15, 0.2) is 12.3 Å². The maximum Gasteiger partial charge on any atom is 0.498 e. The second-order valence-corrected chi connectivity index (χ2v) is 6.97. The highest BCUT2D eigenvalue weighted by Gasteiger charge is 2.52. The van der Waals surface area contributed by atoms with Crippen molar-refractivity contribution in [1.82, 2.24) is 4.98 Å². The third kappa shape index (κ3) is 2.45. The van der Waals surface area contributed by atoms with Crippen molar-refractivity contribution in [3.8, 4) is 5.75 Å². The summed E-state index contributed by atoms with van der Waals surface area (Å²) in [6, 6.07) is 1.93. The van der Waals surface area contributed by atoms with E-state index in [4.69, 9.17) is 9.31 Å². The Balaban J connectivity index is 1.86. The molecule has 108 valence electrons. The molecule has 0 spiro atoms. The highest BCUT2D eigenvalue weighted by atomic mass is 16.7. The summed E-state index contributed by atoms with van der Waals surface area (Å²) in [6.45, 7) is 8.04. The monoisotopic (exact) mass is 275 g/mol. The van der Waals surface area contributed by atoms with E-state index in [1.807, 2.05) is 33.8 Å². The largest absolute Gasteiger partial charge is 0.507 e. The molecule has 1 N–H and O–H groups in total. The van der Waals surface area contributed by atoms with Crippen molar-refractivity contribution in [2.45, 2.75) is 58.2 Å². The zero-order chi connectivity index (χ0) is 14.5. The first-order valence-electron chi connectivity index (χ1n) is 7.32. The fourth-order valence-electron chi connectivity index (χ4n) is 2.40. The Morgan fingerprint density at radius 2 is 1.85 bits per heavy atom. The van der Waals surface area contributed by atoms with Gasteiger partial charge in [-0.25, -0.2) is 0 Å². The summed E-state index contributed by atoms with van der Waals surface area (Å²) in [7, 11) is -0.527. The summed E-state index contributed by atoms with van der Waals surface area (Å²) in [5.74, 6) is 0.904. The topological polar surface area (TPSA) is 51.6 Å². The zero-order valence-corrected chi connectivity index (χ0v) is 12.6. The molecule has 1 aromatic rings. The fourth-order valence-corrected chi connectivity index (χ4v) is 2.40. The highest BCUT2D eigenvalue weighted by Crippen LogP contribution is 2.37. The van der Waals surface area contributed by atoms with Crippen molar-refractivity contribution < 1.29 is 14.4 Å². The smallest absolute Gasteiger partial charge is 0.498 e. The molecule has 2 fully saturated rings. The van der Waals surface area contributed by atoms with Gasteiger partial charge < -0.3 is 14.4 Å². The summed E-state index contributed by atoms with van der Waals surface area (Å²) >= 11 is 0. The molecular formula is C15H22BNO3. The normalized spacial score (nSPS) is 24.1. The molecule has 0 unspecified atom stereocenters. The summed E-state index contributed by atoms with van der Waals surface area (Å²) in [5.41, 5.74) is 0.901. The minimum atomic E-state index is -0.527. The van der Waals surface area contributed by atoms with Crippen LogP contribution in [0.5, 0.6) is 5.75 Å². The molecule has 0 amide bonds. The Labute approximate surface area is 120 Å². The molecular weight excluding hydrogens is 253 g/mol. The van der Waals surface area contributed by atoms with E-state index in [1.54, 1.807) is 0 Å². The van der Waals surface area contributed by atoms with Gasteiger partial charge in [0.05, 0.1) is 17.4 Å². The van der Waals surface area contributed by atoms with Crippen molar-refractivity contribution in [3.63, 3.8) is 0 Å². The lowest BCUT2D eigenvalue weighted by atomic mass is 9.78. The van der Waals surface area contributed by atoms with Crippen LogP contribution in [-0.4, -0.2) is 28.4 Å². The molecule has 1 aliphatic carbocycles. The Bertz CT molecular complexity index is 510. The first kappa shape index (κ1) is 13.9. The second kappa shape index (κ2) is 4.47. The van der Waals surface area contributed by atoms with Gasteiger partial charge in [-0.2, -0.15) is 0 Å². The molecule has 1 saturated carbocycles. The molecule has 2 aliphatic rings. The fraction of sp³-hybridized carbons (Fsp3) is 0.667. The summed E-state index contributed by atoms with van der Waals surface area (Å²) in [4.78, 5) is 4.30. The number of nitrogens with zero attached hydrogens (tertiary/aromatic N) is 1. The number of aromatic hydroxyl groups is 1. The predicted molar refractivity (Wildman–Crippen MR) is 78.0 cm³/mol. The molecule has 1 saturated heterocycles. The first-order valence-corrected chi connectivity index (χ1v) is 7.32. The maximum atomic E-state index is 10.1. The van der Waals surface area contributed by atoms with E-state index in [0.29, 0.717) is 5.46 Å². The van der Waals surface area contributed by atoms with E-state index in [0.717, 1.165) is 18.0 Å². The molecule has 0 aromatic carbocycles. The summed E-state index contributed by atoms with van der Waals surface area (Å²) in [6.07, 6.45) is 5.06. The average Bonchev–Trinajstić information content (AvgIpc) is 3.10. The number of hydrogen-bond acceptors (Lipinski definition) is 4. The third-order valence-electron chi connectivity index (χ3n) is 4.67. The van der Waals surface area contributed by atoms with Gasteiger partial charge >= 0.3 is 7.12 Å². The van der Waals surface area contributed by atoms with Gasteiger partial charge in [-0.3, -0.25) is 4.98 Å². The Morgan fingerprint density at radius 3 is 2.40 bits per heavy atom. The first-order chi connectivity index (χ1) is 9.28. The van der Waals surface area contributed by atoms with Crippen LogP contribution in [0, 0.1) is 5.92 Å². The van der Waals surface area contributed by atoms with Gasteiger partial charge in [-0.15, -0.1) is 0 Å². The molecule has 2 heterocycles. The molecule has 0 atom stereocenters. The second-order valence-electron chi connectivity index (χ2n) is 6.97. The maximum absolute atomic E-state index is 10.1. The highest BCUT2D eigenvalue weighted by molar-refractivity contribution is 6.63. The van der Waals surface area contributed by atoms with E-state index in [2.05, 4.69) is 4.98 Å². The minimum absolute atomic E-state index is 0.142. The van der Waals surface area contributed by atoms with E-state index < -0.39 is 18.3 Å². The van der Waals surface area contributed by atoms with Crippen LogP contribution in [0.3, 0.4) is 0 Å². The third-order valence-corrected chi connectivity index (χ3v) is 4.67. The molecule has 0 bridgehead atoms. The van der Waals surface area contributed by atoms with Crippen LogP contribution in [0.1, 0.15) is 46.2 Å². The number of rotatable bonds is 3. The van der Waals surface area contributed by atoms with E-state index >= 15 is 0 Å². The Hall–Kier alpha value is -1.07. The lowest BCUT2D eigenvalue weighted by Gasteiger charge is -2.32. The van der Waals surface area contributed by atoms with Crippen LogP contribution in [0.25, 0.3) is 0 Å². The van der Waals surface area contributed by atoms with Crippen molar-refractivity contribution in [2.75, 3.05) is 0 Å². The Morgan fingerprint density at radius 1 is 1.25 bits per heavy atom. The zero-order valence-electron chi connectivity index (χ0n) is 12.6. The van der Waals surface area contributed by atoms with Crippen molar-refractivity contribution in [3.05, 3.63) is 18.0 Å². The number of hydrogen-bond donors (Lipinski definition) is 1. The van der Waals surface area contributed by atoms with Crippen molar-refractivity contribution in [1.29, 1.82) is 0 Å². The lowest BCUT2D eigenvalue weighted by Crippen LogP contribution is -2.41. The van der Waals surface area contributed by atoms with Crippen LogP contribution < -0.4 is 5.46 Å². The molecule has 4 nitrogen and oxygen atoms in total. The van der Waals surface area contributed by atoms with Crippen molar-refractivity contribution in [2.24, 2.45) is 5.92 Å². The van der Waals surface area contributed by atoms with Gasteiger partial charge in [0.25, 0.3) is 0 Å². The standard InChI is InChI=1S/C15H22BNO3/c1-14(2)15(3,4)20-16(19-14)12-8-11(7-10-5-6-10)17-9-13(12)18/h8-10,18H,5-7H2,1-4H3. The average molecular weight is 275 g/mol. The van der Waals surface area contributed by atoms with Crippen molar-refractivity contribution >= 4 is 12.6 Å². The van der Waals surface area contributed by atoms with Gasteiger partial charge in [-0.1, -0.05) is 0 Å². The lowest BCUT2D eigenvalue weighted by molar-refractivity contribution is 0.00578.